The summed E-state index contributed by atoms with van der Waals surface area (Å²) in [6.07, 6.45) is 7.55. The third-order valence-corrected chi connectivity index (χ3v) is 4.60. The second kappa shape index (κ2) is 6.47. The maximum Gasteiger partial charge on any atom is 0.0978 e. The molecule has 0 N–H and O–H groups in total. The van der Waals surface area contributed by atoms with E-state index in [1.54, 1.807) is 0 Å². The fraction of sp³-hybridized carbons (Fsp3) is 0.579. The van der Waals surface area contributed by atoms with Crippen molar-refractivity contribution >= 4 is 5.57 Å². The Hall–Kier alpha value is -1.24. The number of ether oxygens (including phenoxy) is 1. The van der Waals surface area contributed by atoms with Gasteiger partial charge in [0.2, 0.25) is 0 Å². The van der Waals surface area contributed by atoms with E-state index in [1.165, 1.54) is 36.8 Å². The molecule has 1 aromatic rings. The molecule has 2 atom stereocenters. The molecule has 0 bridgehead atoms. The van der Waals surface area contributed by atoms with Crippen LogP contribution in [0, 0.1) is 11.3 Å². The molecule has 1 nitrogen and oxygen atoms in total. The van der Waals surface area contributed by atoms with E-state index >= 15 is 0 Å². The summed E-state index contributed by atoms with van der Waals surface area (Å²) in [5.41, 5.74) is 2.93. The number of hydrogen-bond acceptors (Lipinski definition) is 1. The molecule has 1 heteroatoms. The van der Waals surface area contributed by atoms with E-state index in [0.29, 0.717) is 17.4 Å². The fourth-order valence-corrected chi connectivity index (χ4v) is 3.25. The summed E-state index contributed by atoms with van der Waals surface area (Å²) in [5.74, 6) is 0.693. The van der Waals surface area contributed by atoms with Crippen LogP contribution in [0.4, 0.5) is 0 Å². The SMILES string of the molecule is CC(=COC(C)C1CCCC(C)(C)C1)c1ccccc1. The normalized spacial score (nSPS) is 24.2. The van der Waals surface area contributed by atoms with Gasteiger partial charge in [-0.05, 0) is 55.6 Å². The summed E-state index contributed by atoms with van der Waals surface area (Å²) in [6, 6.07) is 10.4. The minimum Gasteiger partial charge on any atom is -0.498 e. The predicted molar refractivity (Wildman–Crippen MR) is 86.4 cm³/mol. The van der Waals surface area contributed by atoms with Gasteiger partial charge in [0.05, 0.1) is 12.4 Å². The third kappa shape index (κ3) is 4.13. The largest absolute Gasteiger partial charge is 0.498 e. The van der Waals surface area contributed by atoms with Crippen molar-refractivity contribution in [1.29, 1.82) is 0 Å². The molecule has 1 aromatic carbocycles. The Morgan fingerprint density at radius 3 is 2.65 bits per heavy atom. The topological polar surface area (TPSA) is 9.23 Å². The summed E-state index contributed by atoms with van der Waals surface area (Å²) < 4.78 is 6.03. The smallest absolute Gasteiger partial charge is 0.0978 e. The molecule has 0 aromatic heterocycles. The van der Waals surface area contributed by atoms with Gasteiger partial charge in [-0.15, -0.1) is 0 Å². The van der Waals surface area contributed by atoms with E-state index in [4.69, 9.17) is 4.74 Å². The molecule has 2 unspecified atom stereocenters. The Balaban J connectivity index is 1.93. The molecule has 20 heavy (non-hydrogen) atoms. The Morgan fingerprint density at radius 1 is 1.30 bits per heavy atom. The molecule has 0 saturated heterocycles. The van der Waals surface area contributed by atoms with E-state index in [1.807, 2.05) is 12.3 Å². The van der Waals surface area contributed by atoms with Gasteiger partial charge in [-0.25, -0.2) is 0 Å². The van der Waals surface area contributed by atoms with Crippen LogP contribution in [0.2, 0.25) is 0 Å². The minimum absolute atomic E-state index is 0.313. The second-order valence-electron chi connectivity index (χ2n) is 7.03. The lowest BCUT2D eigenvalue weighted by Crippen LogP contribution is -2.30. The number of allylic oxidation sites excluding steroid dienone is 1. The van der Waals surface area contributed by atoms with Crippen molar-refractivity contribution < 1.29 is 4.74 Å². The first kappa shape index (κ1) is 15.2. The van der Waals surface area contributed by atoms with E-state index < -0.39 is 0 Å². The Kier molecular flexibility index (Phi) is 4.91. The lowest BCUT2D eigenvalue weighted by molar-refractivity contribution is 0.0467. The molecular formula is C19H28O. The van der Waals surface area contributed by atoms with E-state index in [2.05, 4.69) is 52.0 Å². The summed E-state index contributed by atoms with van der Waals surface area (Å²) >= 11 is 0. The monoisotopic (exact) mass is 272 g/mol. The van der Waals surface area contributed by atoms with Gasteiger partial charge in [-0.3, -0.25) is 0 Å². The highest BCUT2D eigenvalue weighted by Crippen LogP contribution is 2.40. The molecule has 1 aliphatic carbocycles. The Morgan fingerprint density at radius 2 is 2.00 bits per heavy atom. The maximum absolute atomic E-state index is 6.03. The van der Waals surface area contributed by atoms with Crippen molar-refractivity contribution in [3.05, 3.63) is 42.2 Å². The van der Waals surface area contributed by atoms with Crippen LogP contribution in [-0.2, 0) is 4.74 Å². The molecule has 1 saturated carbocycles. The molecule has 0 heterocycles. The molecule has 110 valence electrons. The number of hydrogen-bond donors (Lipinski definition) is 0. The lowest BCUT2D eigenvalue weighted by Gasteiger charge is -2.37. The van der Waals surface area contributed by atoms with Crippen LogP contribution in [0.15, 0.2) is 36.6 Å². The van der Waals surface area contributed by atoms with Gasteiger partial charge in [-0.1, -0.05) is 50.6 Å². The molecule has 0 radical (unpaired) electrons. The maximum atomic E-state index is 6.03. The van der Waals surface area contributed by atoms with Crippen LogP contribution in [0.1, 0.15) is 58.9 Å². The van der Waals surface area contributed by atoms with Crippen LogP contribution in [0.3, 0.4) is 0 Å². The molecule has 2 rings (SSSR count). The first-order chi connectivity index (χ1) is 9.48. The standard InChI is InChI=1S/C19H28O/c1-15(17-9-6-5-7-10-17)14-20-16(2)18-11-8-12-19(3,4)13-18/h5-7,9-10,14,16,18H,8,11-13H2,1-4H3. The summed E-state index contributed by atoms with van der Waals surface area (Å²) in [7, 11) is 0. The van der Waals surface area contributed by atoms with Crippen molar-refractivity contribution in [2.24, 2.45) is 11.3 Å². The highest BCUT2D eigenvalue weighted by atomic mass is 16.5. The first-order valence-electron chi connectivity index (χ1n) is 7.86. The summed E-state index contributed by atoms with van der Waals surface area (Å²) in [4.78, 5) is 0. The molecule has 1 fully saturated rings. The molecular weight excluding hydrogens is 244 g/mol. The van der Waals surface area contributed by atoms with Gasteiger partial charge in [0, 0.05) is 0 Å². The van der Waals surface area contributed by atoms with E-state index in [-0.39, 0.29) is 0 Å². The van der Waals surface area contributed by atoms with Gasteiger partial charge in [0.25, 0.3) is 0 Å². The quantitative estimate of drug-likeness (QED) is 0.642. The van der Waals surface area contributed by atoms with Gasteiger partial charge in [-0.2, -0.15) is 0 Å². The Labute approximate surface area is 124 Å². The first-order valence-corrected chi connectivity index (χ1v) is 7.86. The molecule has 0 aliphatic heterocycles. The van der Waals surface area contributed by atoms with Crippen LogP contribution in [0.5, 0.6) is 0 Å². The number of rotatable bonds is 4. The molecule has 1 aliphatic rings. The zero-order chi connectivity index (χ0) is 14.6. The van der Waals surface area contributed by atoms with E-state index in [9.17, 15) is 0 Å². The highest BCUT2D eigenvalue weighted by molar-refractivity contribution is 5.62. The van der Waals surface area contributed by atoms with Crippen LogP contribution >= 0.6 is 0 Å². The van der Waals surface area contributed by atoms with Crippen molar-refractivity contribution in [3.8, 4) is 0 Å². The van der Waals surface area contributed by atoms with E-state index in [0.717, 1.165) is 0 Å². The van der Waals surface area contributed by atoms with Gasteiger partial charge in [0.1, 0.15) is 0 Å². The molecule has 0 spiro atoms. The van der Waals surface area contributed by atoms with Crippen molar-refractivity contribution in [2.45, 2.75) is 59.5 Å². The van der Waals surface area contributed by atoms with Gasteiger partial charge >= 0.3 is 0 Å². The van der Waals surface area contributed by atoms with Gasteiger partial charge in [0.15, 0.2) is 0 Å². The Bertz CT molecular complexity index is 444. The van der Waals surface area contributed by atoms with Gasteiger partial charge < -0.3 is 4.74 Å². The number of benzene rings is 1. The van der Waals surface area contributed by atoms with Crippen LogP contribution < -0.4 is 0 Å². The fourth-order valence-electron chi connectivity index (χ4n) is 3.25. The van der Waals surface area contributed by atoms with Crippen LogP contribution in [0.25, 0.3) is 5.57 Å². The zero-order valence-corrected chi connectivity index (χ0v) is 13.4. The minimum atomic E-state index is 0.313. The second-order valence-corrected chi connectivity index (χ2v) is 7.03. The van der Waals surface area contributed by atoms with Crippen molar-refractivity contribution in [2.75, 3.05) is 0 Å². The summed E-state index contributed by atoms with van der Waals surface area (Å²) in [5, 5.41) is 0. The molecule has 0 amide bonds. The van der Waals surface area contributed by atoms with Crippen molar-refractivity contribution in [1.82, 2.24) is 0 Å². The van der Waals surface area contributed by atoms with Crippen molar-refractivity contribution in [3.63, 3.8) is 0 Å². The average molecular weight is 272 g/mol. The summed E-state index contributed by atoms with van der Waals surface area (Å²) in [6.45, 7) is 9.11. The third-order valence-electron chi connectivity index (χ3n) is 4.60. The lowest BCUT2D eigenvalue weighted by atomic mass is 9.71. The predicted octanol–water partition coefficient (Wildman–Crippen LogP) is 5.67. The zero-order valence-electron chi connectivity index (χ0n) is 13.4. The highest BCUT2D eigenvalue weighted by Gasteiger charge is 2.31. The van der Waals surface area contributed by atoms with Crippen LogP contribution in [-0.4, -0.2) is 6.10 Å². The average Bonchev–Trinajstić information content (AvgIpc) is 2.44.